The minimum absolute atomic E-state index is 0.0805. The maximum absolute atomic E-state index is 12.7. The molecule has 1 amide bonds. The second kappa shape index (κ2) is 8.59. The van der Waals surface area contributed by atoms with E-state index < -0.39 is 5.91 Å². The Bertz CT molecular complexity index is 1310. The lowest BCUT2D eigenvalue weighted by Crippen LogP contribution is -2.35. The SMILES string of the molecule is CCCCC1=NN2C(=N)C(=Cc3cccn3Cc3cccc4ccccc34)C(=O)N=C2S1. The lowest BCUT2D eigenvalue weighted by Gasteiger charge is -2.20. The van der Waals surface area contributed by atoms with Gasteiger partial charge in [-0.1, -0.05) is 55.8 Å². The number of thioether (sulfide) groups is 1. The number of amides is 1. The Balaban J connectivity index is 1.44. The summed E-state index contributed by atoms with van der Waals surface area (Å²) in [5.41, 5.74) is 2.31. The highest BCUT2D eigenvalue weighted by Gasteiger charge is 2.35. The first-order valence-electron chi connectivity index (χ1n) is 10.7. The Labute approximate surface area is 190 Å². The van der Waals surface area contributed by atoms with E-state index in [2.05, 4.69) is 51.9 Å². The molecule has 2 aliphatic heterocycles. The zero-order valence-corrected chi connectivity index (χ0v) is 18.6. The van der Waals surface area contributed by atoms with Crippen molar-refractivity contribution in [2.45, 2.75) is 32.7 Å². The van der Waals surface area contributed by atoms with Gasteiger partial charge in [-0.15, -0.1) is 0 Å². The van der Waals surface area contributed by atoms with Crippen LogP contribution in [0.3, 0.4) is 0 Å². The van der Waals surface area contributed by atoms with Gasteiger partial charge in [0.15, 0.2) is 5.84 Å². The smallest absolute Gasteiger partial charge is 0.283 e. The van der Waals surface area contributed by atoms with Crippen LogP contribution < -0.4 is 0 Å². The number of amidine groups is 2. The molecule has 0 saturated heterocycles. The number of hydrazone groups is 1. The van der Waals surface area contributed by atoms with Gasteiger partial charge >= 0.3 is 0 Å². The Morgan fingerprint density at radius 1 is 1.09 bits per heavy atom. The zero-order chi connectivity index (χ0) is 22.1. The van der Waals surface area contributed by atoms with E-state index in [4.69, 9.17) is 5.41 Å². The van der Waals surface area contributed by atoms with E-state index in [-0.39, 0.29) is 11.4 Å². The molecule has 160 valence electrons. The van der Waals surface area contributed by atoms with Gasteiger partial charge in [0.05, 0.1) is 5.57 Å². The molecule has 32 heavy (non-hydrogen) atoms. The van der Waals surface area contributed by atoms with Crippen molar-refractivity contribution in [3.63, 3.8) is 0 Å². The number of hydrogen-bond donors (Lipinski definition) is 1. The molecule has 6 nitrogen and oxygen atoms in total. The van der Waals surface area contributed by atoms with Crippen LogP contribution in [0.5, 0.6) is 0 Å². The van der Waals surface area contributed by atoms with Gasteiger partial charge in [0.1, 0.15) is 5.04 Å². The fourth-order valence-electron chi connectivity index (χ4n) is 3.92. The third-order valence-electron chi connectivity index (χ3n) is 5.62. The van der Waals surface area contributed by atoms with E-state index in [1.54, 1.807) is 6.08 Å². The van der Waals surface area contributed by atoms with E-state index in [1.165, 1.54) is 33.1 Å². The molecule has 0 atom stereocenters. The molecule has 2 aliphatic rings. The molecule has 0 spiro atoms. The number of carbonyl (C=O) groups is 1. The van der Waals surface area contributed by atoms with Crippen LogP contribution in [0.1, 0.15) is 37.4 Å². The van der Waals surface area contributed by atoms with Gasteiger partial charge in [0, 0.05) is 18.4 Å². The fourth-order valence-corrected chi connectivity index (χ4v) is 4.85. The second-order valence-corrected chi connectivity index (χ2v) is 8.86. The molecule has 2 aromatic carbocycles. The summed E-state index contributed by atoms with van der Waals surface area (Å²) < 4.78 is 2.09. The minimum Gasteiger partial charge on any atom is -0.344 e. The number of benzene rings is 2. The van der Waals surface area contributed by atoms with Gasteiger partial charge in [-0.05, 0) is 59.1 Å². The summed E-state index contributed by atoms with van der Waals surface area (Å²) in [6, 6.07) is 18.5. The quantitative estimate of drug-likeness (QED) is 0.513. The third kappa shape index (κ3) is 3.80. The molecule has 0 unspecified atom stereocenters. The first-order valence-corrected chi connectivity index (χ1v) is 11.6. The first-order chi connectivity index (χ1) is 15.6. The van der Waals surface area contributed by atoms with Gasteiger partial charge in [0.25, 0.3) is 5.91 Å². The van der Waals surface area contributed by atoms with Crippen LogP contribution in [0.4, 0.5) is 0 Å². The summed E-state index contributed by atoms with van der Waals surface area (Å²) in [5, 5.41) is 18.4. The third-order valence-corrected chi connectivity index (χ3v) is 6.59. The Morgan fingerprint density at radius 2 is 1.94 bits per heavy atom. The predicted molar refractivity (Wildman–Crippen MR) is 132 cm³/mol. The average molecular weight is 442 g/mol. The molecule has 0 saturated carbocycles. The van der Waals surface area contributed by atoms with Gasteiger partial charge in [-0.3, -0.25) is 10.2 Å². The van der Waals surface area contributed by atoms with E-state index in [0.29, 0.717) is 11.7 Å². The van der Waals surface area contributed by atoms with Crippen LogP contribution in [0.2, 0.25) is 0 Å². The average Bonchev–Trinajstić information content (AvgIpc) is 3.42. The Kier molecular flexibility index (Phi) is 5.49. The summed E-state index contributed by atoms with van der Waals surface area (Å²) in [6.45, 7) is 2.80. The van der Waals surface area contributed by atoms with Crippen LogP contribution in [-0.4, -0.2) is 31.5 Å². The van der Waals surface area contributed by atoms with Crippen molar-refractivity contribution in [3.05, 3.63) is 77.6 Å². The van der Waals surface area contributed by atoms with E-state index in [1.807, 2.05) is 30.5 Å². The van der Waals surface area contributed by atoms with Gasteiger partial charge < -0.3 is 4.57 Å². The molecule has 0 aliphatic carbocycles. The molecule has 0 fully saturated rings. The van der Waals surface area contributed by atoms with Crippen LogP contribution in [0.15, 0.2) is 76.5 Å². The van der Waals surface area contributed by atoms with E-state index >= 15 is 0 Å². The van der Waals surface area contributed by atoms with Crippen molar-refractivity contribution in [1.82, 2.24) is 9.58 Å². The lowest BCUT2D eigenvalue weighted by molar-refractivity contribution is -0.114. The summed E-state index contributed by atoms with van der Waals surface area (Å²) >= 11 is 1.39. The van der Waals surface area contributed by atoms with Crippen molar-refractivity contribution >= 4 is 50.6 Å². The highest BCUT2D eigenvalue weighted by atomic mass is 32.2. The molecule has 0 bridgehead atoms. The van der Waals surface area contributed by atoms with Crippen molar-refractivity contribution in [3.8, 4) is 0 Å². The predicted octanol–water partition coefficient (Wildman–Crippen LogP) is 5.50. The number of nitrogens with zero attached hydrogens (tertiary/aromatic N) is 4. The normalized spacial score (nSPS) is 17.2. The van der Waals surface area contributed by atoms with E-state index in [0.717, 1.165) is 30.0 Å². The van der Waals surface area contributed by atoms with Crippen LogP contribution in [0.25, 0.3) is 16.8 Å². The standard InChI is InChI=1S/C25H23N5OS/c1-2-3-13-22-28-30-23(26)21(24(31)27-25(30)32-22)15-19-11-7-14-29(19)16-18-10-6-9-17-8-4-5-12-20(17)18/h4-12,14-15,26H,2-3,13,16H2,1H3. The van der Waals surface area contributed by atoms with Crippen molar-refractivity contribution < 1.29 is 4.79 Å². The van der Waals surface area contributed by atoms with Crippen LogP contribution in [-0.2, 0) is 11.3 Å². The van der Waals surface area contributed by atoms with Crippen LogP contribution >= 0.6 is 11.8 Å². The number of unbranched alkanes of at least 4 members (excludes halogenated alkanes) is 1. The van der Waals surface area contributed by atoms with Crippen molar-refractivity contribution in [2.75, 3.05) is 0 Å². The number of carbonyl (C=O) groups excluding carboxylic acids is 1. The highest BCUT2D eigenvalue weighted by molar-refractivity contribution is 8.26. The minimum atomic E-state index is -0.390. The zero-order valence-electron chi connectivity index (χ0n) is 17.8. The van der Waals surface area contributed by atoms with Crippen molar-refractivity contribution in [1.29, 1.82) is 5.41 Å². The number of rotatable bonds is 6. The maximum atomic E-state index is 12.7. The lowest BCUT2D eigenvalue weighted by atomic mass is 10.0. The highest BCUT2D eigenvalue weighted by Crippen LogP contribution is 2.30. The number of aromatic nitrogens is 1. The molecule has 7 heteroatoms. The Hall–Kier alpha value is -3.45. The molecule has 5 rings (SSSR count). The fraction of sp³-hybridized carbons (Fsp3) is 0.200. The Morgan fingerprint density at radius 3 is 2.81 bits per heavy atom. The van der Waals surface area contributed by atoms with Gasteiger partial charge in [0.2, 0.25) is 5.17 Å². The molecule has 3 heterocycles. The monoisotopic (exact) mass is 441 g/mol. The molecular formula is C25H23N5OS. The number of fused-ring (bicyclic) bond motifs is 2. The summed E-state index contributed by atoms with van der Waals surface area (Å²) in [4.78, 5) is 16.9. The number of hydrogen-bond acceptors (Lipinski definition) is 4. The van der Waals surface area contributed by atoms with Crippen LogP contribution in [0, 0.1) is 5.41 Å². The van der Waals surface area contributed by atoms with E-state index in [9.17, 15) is 4.79 Å². The summed E-state index contributed by atoms with van der Waals surface area (Å²) in [7, 11) is 0. The first kappa shape index (κ1) is 20.5. The molecule has 0 radical (unpaired) electrons. The van der Waals surface area contributed by atoms with Gasteiger partial charge in [-0.2, -0.15) is 15.1 Å². The second-order valence-electron chi connectivity index (χ2n) is 7.82. The molecular weight excluding hydrogens is 418 g/mol. The summed E-state index contributed by atoms with van der Waals surface area (Å²) in [5.74, 6) is -0.310. The molecule has 3 aromatic rings. The van der Waals surface area contributed by atoms with Gasteiger partial charge in [-0.25, -0.2) is 0 Å². The van der Waals surface area contributed by atoms with Crippen molar-refractivity contribution in [2.24, 2.45) is 10.1 Å². The topological polar surface area (TPSA) is 73.8 Å². The molecule has 1 N–H and O–H groups in total. The number of nitrogens with one attached hydrogen (secondary N) is 1. The largest absolute Gasteiger partial charge is 0.344 e. The summed E-state index contributed by atoms with van der Waals surface area (Å²) in [6.07, 6.45) is 6.68. The number of aliphatic imine (C=N–C) groups is 1. The molecule has 1 aromatic heterocycles. The maximum Gasteiger partial charge on any atom is 0.283 e.